The summed E-state index contributed by atoms with van der Waals surface area (Å²) >= 11 is 0. The summed E-state index contributed by atoms with van der Waals surface area (Å²) in [5.74, 6) is 0.794. The molecule has 1 fully saturated rings. The van der Waals surface area contributed by atoms with Crippen molar-refractivity contribution in [2.45, 2.75) is 57.4 Å². The maximum atomic E-state index is 11.1. The third-order valence-electron chi connectivity index (χ3n) is 4.53. The first-order valence-electron chi connectivity index (χ1n) is 7.55. The first kappa shape index (κ1) is 15.0. The van der Waals surface area contributed by atoms with Gasteiger partial charge in [-0.05, 0) is 38.0 Å². The van der Waals surface area contributed by atoms with Crippen molar-refractivity contribution >= 4 is 5.69 Å². The van der Waals surface area contributed by atoms with E-state index >= 15 is 0 Å². The molecule has 2 rings (SSSR count). The molecule has 1 aromatic rings. The lowest BCUT2D eigenvalue weighted by molar-refractivity contribution is -0.385. The number of nitrogens with zero attached hydrogens (tertiary/aromatic N) is 1. The highest BCUT2D eigenvalue weighted by Crippen LogP contribution is 2.36. The summed E-state index contributed by atoms with van der Waals surface area (Å²) in [6, 6.07) is 6.98. The fraction of sp³-hybridized carbons (Fsp3) is 0.625. The van der Waals surface area contributed by atoms with Gasteiger partial charge < -0.3 is 5.73 Å². The zero-order valence-corrected chi connectivity index (χ0v) is 12.2. The van der Waals surface area contributed by atoms with E-state index in [1.807, 2.05) is 12.1 Å². The highest BCUT2D eigenvalue weighted by molar-refractivity contribution is 5.40. The smallest absolute Gasteiger partial charge is 0.272 e. The number of para-hydroxylation sites is 1. The molecular formula is C16H24N2O2. The molecule has 1 aliphatic rings. The second-order valence-corrected chi connectivity index (χ2v) is 6.16. The fourth-order valence-corrected chi connectivity index (χ4v) is 3.34. The van der Waals surface area contributed by atoms with Crippen LogP contribution in [0, 0.1) is 16.0 Å². The Labute approximate surface area is 120 Å². The van der Waals surface area contributed by atoms with Crippen molar-refractivity contribution in [1.82, 2.24) is 0 Å². The van der Waals surface area contributed by atoms with Gasteiger partial charge in [-0.15, -0.1) is 0 Å². The molecular weight excluding hydrogens is 252 g/mol. The first-order valence-corrected chi connectivity index (χ1v) is 7.55. The normalized spacial score (nSPS) is 26.4. The van der Waals surface area contributed by atoms with E-state index in [-0.39, 0.29) is 16.1 Å². The van der Waals surface area contributed by atoms with Crippen LogP contribution in [0.15, 0.2) is 24.3 Å². The van der Waals surface area contributed by atoms with Crippen LogP contribution >= 0.6 is 0 Å². The lowest BCUT2D eigenvalue weighted by Gasteiger charge is -2.37. The third kappa shape index (κ3) is 3.57. The Morgan fingerprint density at radius 2 is 2.00 bits per heavy atom. The van der Waals surface area contributed by atoms with Crippen molar-refractivity contribution < 1.29 is 4.92 Å². The van der Waals surface area contributed by atoms with Crippen molar-refractivity contribution in [3.63, 3.8) is 0 Å². The van der Waals surface area contributed by atoms with Gasteiger partial charge >= 0.3 is 0 Å². The van der Waals surface area contributed by atoms with Crippen LogP contribution in [-0.2, 0) is 6.42 Å². The molecule has 0 aliphatic heterocycles. The van der Waals surface area contributed by atoms with Crippen LogP contribution in [0.5, 0.6) is 0 Å². The molecule has 0 saturated heterocycles. The van der Waals surface area contributed by atoms with Crippen LogP contribution in [0.25, 0.3) is 0 Å². The Balaban J connectivity index is 2.05. The molecule has 1 aromatic carbocycles. The van der Waals surface area contributed by atoms with Gasteiger partial charge in [0.05, 0.1) is 4.92 Å². The lowest BCUT2D eigenvalue weighted by Crippen LogP contribution is -2.45. The van der Waals surface area contributed by atoms with E-state index in [2.05, 4.69) is 6.92 Å². The molecule has 0 amide bonds. The predicted molar refractivity (Wildman–Crippen MR) is 80.6 cm³/mol. The number of benzene rings is 1. The molecule has 2 N–H and O–H groups in total. The quantitative estimate of drug-likeness (QED) is 0.656. The van der Waals surface area contributed by atoms with Gasteiger partial charge in [0.2, 0.25) is 0 Å². The first-order chi connectivity index (χ1) is 9.54. The summed E-state index contributed by atoms with van der Waals surface area (Å²) in [6.07, 6.45) is 7.39. The van der Waals surface area contributed by atoms with Gasteiger partial charge in [-0.25, -0.2) is 0 Å². The number of nitro groups is 1. The number of nitrogens with two attached hydrogens (primary N) is 1. The summed E-state index contributed by atoms with van der Waals surface area (Å²) in [7, 11) is 0. The lowest BCUT2D eigenvalue weighted by atomic mass is 9.73. The van der Waals surface area contributed by atoms with Gasteiger partial charge in [0, 0.05) is 17.2 Å². The zero-order valence-electron chi connectivity index (χ0n) is 12.2. The molecule has 0 bridgehead atoms. The van der Waals surface area contributed by atoms with E-state index in [1.54, 1.807) is 12.1 Å². The number of rotatable bonds is 5. The monoisotopic (exact) mass is 276 g/mol. The van der Waals surface area contributed by atoms with E-state index in [4.69, 9.17) is 5.73 Å². The summed E-state index contributed by atoms with van der Waals surface area (Å²) in [6.45, 7) is 2.22. The number of nitro benzene ring substituents is 1. The van der Waals surface area contributed by atoms with Gasteiger partial charge in [-0.3, -0.25) is 10.1 Å². The SMILES string of the molecule is CCCC1CCC(N)(Cc2ccccc2[N+](=O)[O-])CC1. The Bertz CT molecular complexity index is 465. The summed E-state index contributed by atoms with van der Waals surface area (Å²) in [5.41, 5.74) is 7.20. The van der Waals surface area contributed by atoms with E-state index < -0.39 is 0 Å². The van der Waals surface area contributed by atoms with Crippen LogP contribution in [0.2, 0.25) is 0 Å². The van der Waals surface area contributed by atoms with Crippen molar-refractivity contribution in [1.29, 1.82) is 0 Å². The molecule has 20 heavy (non-hydrogen) atoms. The van der Waals surface area contributed by atoms with E-state index in [1.165, 1.54) is 12.8 Å². The molecule has 1 aliphatic carbocycles. The summed E-state index contributed by atoms with van der Waals surface area (Å²) in [5, 5.41) is 11.1. The van der Waals surface area contributed by atoms with Crippen molar-refractivity contribution in [3.8, 4) is 0 Å². The van der Waals surface area contributed by atoms with Gasteiger partial charge in [0.1, 0.15) is 0 Å². The minimum absolute atomic E-state index is 0.202. The highest BCUT2D eigenvalue weighted by atomic mass is 16.6. The second kappa shape index (κ2) is 6.35. The maximum Gasteiger partial charge on any atom is 0.272 e. The summed E-state index contributed by atoms with van der Waals surface area (Å²) in [4.78, 5) is 10.8. The Hall–Kier alpha value is -1.42. The predicted octanol–water partition coefficient (Wildman–Crippen LogP) is 3.83. The van der Waals surface area contributed by atoms with Crippen LogP contribution in [0.1, 0.15) is 51.0 Å². The second-order valence-electron chi connectivity index (χ2n) is 6.16. The van der Waals surface area contributed by atoms with Gasteiger partial charge in [-0.2, -0.15) is 0 Å². The molecule has 0 spiro atoms. The van der Waals surface area contributed by atoms with Crippen molar-refractivity contribution in [2.75, 3.05) is 0 Å². The van der Waals surface area contributed by atoms with E-state index in [0.717, 1.165) is 37.2 Å². The largest absolute Gasteiger partial charge is 0.325 e. The average molecular weight is 276 g/mol. The maximum absolute atomic E-state index is 11.1. The molecule has 4 heteroatoms. The minimum Gasteiger partial charge on any atom is -0.325 e. The fourth-order valence-electron chi connectivity index (χ4n) is 3.34. The Morgan fingerprint density at radius 3 is 2.60 bits per heavy atom. The van der Waals surface area contributed by atoms with E-state index in [0.29, 0.717) is 6.42 Å². The topological polar surface area (TPSA) is 69.2 Å². The van der Waals surface area contributed by atoms with Crippen LogP contribution in [-0.4, -0.2) is 10.5 Å². The van der Waals surface area contributed by atoms with Crippen LogP contribution < -0.4 is 5.73 Å². The molecule has 0 aromatic heterocycles. The Morgan fingerprint density at radius 1 is 1.35 bits per heavy atom. The molecule has 0 atom stereocenters. The highest BCUT2D eigenvalue weighted by Gasteiger charge is 2.33. The minimum atomic E-state index is -0.304. The molecule has 1 saturated carbocycles. The molecule has 4 nitrogen and oxygen atoms in total. The van der Waals surface area contributed by atoms with Gasteiger partial charge in [-0.1, -0.05) is 38.0 Å². The standard InChI is InChI=1S/C16H24N2O2/c1-2-5-13-8-10-16(17,11-9-13)12-14-6-3-4-7-15(14)18(19)20/h3-4,6-7,13H,2,5,8-12,17H2,1H3. The molecule has 110 valence electrons. The Kier molecular flexibility index (Phi) is 4.76. The van der Waals surface area contributed by atoms with Crippen molar-refractivity contribution in [2.24, 2.45) is 11.7 Å². The number of hydrogen-bond donors (Lipinski definition) is 1. The molecule has 0 radical (unpaired) electrons. The van der Waals surface area contributed by atoms with Crippen LogP contribution in [0.4, 0.5) is 5.69 Å². The third-order valence-corrected chi connectivity index (χ3v) is 4.53. The average Bonchev–Trinajstić information content (AvgIpc) is 2.42. The van der Waals surface area contributed by atoms with Crippen molar-refractivity contribution in [3.05, 3.63) is 39.9 Å². The molecule has 0 unspecified atom stereocenters. The number of hydrogen-bond acceptors (Lipinski definition) is 3. The van der Waals surface area contributed by atoms with Gasteiger partial charge in [0.25, 0.3) is 5.69 Å². The van der Waals surface area contributed by atoms with E-state index in [9.17, 15) is 10.1 Å². The summed E-state index contributed by atoms with van der Waals surface area (Å²) < 4.78 is 0. The van der Waals surface area contributed by atoms with Gasteiger partial charge in [0.15, 0.2) is 0 Å². The van der Waals surface area contributed by atoms with Crippen LogP contribution in [0.3, 0.4) is 0 Å². The zero-order chi connectivity index (χ0) is 14.6. The molecule has 0 heterocycles.